The molecule has 11 aromatic rings. The number of aliphatic hydroxyl groups is 5. The van der Waals surface area contributed by atoms with Crippen LogP contribution in [0.2, 0.25) is 60.3 Å². The minimum atomic E-state index is -0.893. The summed E-state index contributed by atoms with van der Waals surface area (Å²) in [5.74, 6) is -0.108. The molecule has 0 aromatic heterocycles. The van der Waals surface area contributed by atoms with Gasteiger partial charge in [0.15, 0.2) is 5.78 Å². The molecule has 0 bridgehead atoms. The van der Waals surface area contributed by atoms with Crippen LogP contribution in [0.4, 0.5) is 47.6 Å². The number of ether oxygens (including phenoxy) is 1. The van der Waals surface area contributed by atoms with Crippen LogP contribution in [0.15, 0.2) is 231 Å². The first-order chi connectivity index (χ1) is 66.7. The van der Waals surface area contributed by atoms with E-state index in [1.54, 1.807) is 174 Å². The molecule has 0 aliphatic rings. The Morgan fingerprint density at radius 3 is 0.930 bits per heavy atom. The standard InChI is InChI=1S/C19H21Cl2N3O3.C18H20Cl2N2O2.C17H19Cl2N3O2.C12H18N2O2.C9H11Cl2NO.C8H7BrCl2O.C8H5BrCl2O.C7H10N2.CH3Cl.CH4.AtHO.ClH/c1-12(25)22-10-13-3-6-15(7-4-13)23-19(27)24(2)11-18(26)14-5-8-16(20)17(21)9-14;1-3-12-4-7-14(8-5-12)21-18(24)22(2)11-17(23)13-6-9-15(19)16(20)10-13;1-22(10-16(23)12-4-7-14(18)15(19)8-12)17(24)21-13-5-2-11(9-20)3-6-13;1-12(2,3)16-11(15)14-8-9-4-6-10(13)7-5-9;1-12-5-9(13)6-2-3-7(10)8(11)4-6;2*9-4-8(12)5-1-2-6(10)7(11)3-5;8-5-6-1-3-7(9)4-2-6;1-2;;1-2;/h3-9,18,26H,10-11H2,1-2H3,(H,22,25)(H,23,27);4-10,17,23H,3,11H2,1-2H3,(H,21,24);2-8,16,23H,9-10,20H2,1H3,(H,21,24);4-7H,8,13H2,1-3H3,(H,14,15);2-4,9,12-13H,5H2,1H3;1-3,8,12H,4H2;1-3H,4H2;1-4H,5,8-9H2;1H3;1H4;2H;1H. The van der Waals surface area contributed by atoms with Gasteiger partial charge in [0, 0.05) is 107 Å². The summed E-state index contributed by atoms with van der Waals surface area (Å²) in [5.41, 5.74) is 34.0. The van der Waals surface area contributed by atoms with Crippen molar-refractivity contribution in [2.75, 3.05) is 98.8 Å². The molecule has 0 saturated heterocycles. The predicted octanol–water partition coefficient (Wildman–Crippen LogP) is 25.8. The van der Waals surface area contributed by atoms with Gasteiger partial charge >= 0.3 is 52.5 Å². The normalized spacial score (nSPS) is 11.2. The van der Waals surface area contributed by atoms with E-state index in [9.17, 15) is 54.3 Å². The first kappa shape index (κ1) is 136. The molecule has 8 amide bonds. The van der Waals surface area contributed by atoms with E-state index < -0.39 is 42.2 Å². The molecule has 5 unspecified atom stereocenters. The van der Waals surface area contributed by atoms with Crippen molar-refractivity contribution in [3.63, 3.8) is 0 Å². The van der Waals surface area contributed by atoms with Crippen LogP contribution in [-0.4, -0.2) is 156 Å². The second-order valence-corrected chi connectivity index (χ2v) is 37.0. The van der Waals surface area contributed by atoms with Gasteiger partial charge in [0.2, 0.25) is 5.91 Å². The summed E-state index contributed by atoms with van der Waals surface area (Å²) in [6, 6.07) is 65.6. The third-order valence-corrected chi connectivity index (χ3v) is 24.3. The van der Waals surface area contributed by atoms with E-state index >= 15 is 0 Å². The van der Waals surface area contributed by atoms with Crippen LogP contribution in [-0.2, 0) is 42.1 Å². The van der Waals surface area contributed by atoms with Crippen molar-refractivity contribution >= 4 is 259 Å². The Morgan fingerprint density at radius 2 is 0.664 bits per heavy atom. The molecular formula is C100H120AtBr2Cl14N13O13. The number of aryl methyl sites for hydroxylation is 1. The molecule has 5 atom stereocenters. The zero-order chi connectivity index (χ0) is 106. The number of likely N-dealkylation sites (N-methyl/N-ethyl adjacent to an activating group) is 4. The van der Waals surface area contributed by atoms with Gasteiger partial charge in [-0.05, 0) is 229 Å². The number of benzene rings is 11. The molecule has 0 saturated carbocycles. The molecule has 0 spiro atoms. The fourth-order valence-corrected chi connectivity index (χ4v) is 13.5. The number of nitrogens with one attached hydrogen (secondary N) is 6. The molecule has 0 aliphatic heterocycles. The third-order valence-electron chi connectivity index (χ3n) is 18.8. The molecule has 143 heavy (non-hydrogen) atoms. The van der Waals surface area contributed by atoms with E-state index in [-0.39, 0.29) is 69.3 Å². The number of nitrogens with two attached hydrogens (primary N) is 4. The molecule has 11 aromatic carbocycles. The van der Waals surface area contributed by atoms with Crippen LogP contribution in [0.1, 0.15) is 139 Å². The van der Waals surface area contributed by atoms with Gasteiger partial charge in [-0.1, -0.05) is 276 Å². The van der Waals surface area contributed by atoms with Gasteiger partial charge in [0.25, 0.3) is 0 Å². The SMILES string of the molecule is C.CC(=O)NCc1ccc(NC(=O)N(C)CC(O)c2ccc(Cl)c(Cl)c2)cc1.CC(C)(C)OC(=O)NCc1ccc(N)cc1.CCc1ccc(NC(=O)N(C)CC(O)c2ccc(Cl)c(Cl)c2)cc1.CCl.CN(CC(O)c1ccc(Cl)c(Cl)c1)C(=O)Nc1ccc(CN)cc1.CNCC(O)c1ccc(Cl)c(Cl)c1.Cl.NCc1ccc(N)cc1.O=C(CBr)c1ccc(Cl)c(Cl)c1.OC(CBr)c1ccc(Cl)c(Cl)c1.O[At]. The number of anilines is 5. The van der Waals surface area contributed by atoms with Crippen molar-refractivity contribution in [1.82, 2.24) is 30.7 Å². The predicted molar refractivity (Wildman–Crippen MR) is 599 cm³/mol. The average Bonchev–Trinajstić information content (AvgIpc) is 0.855. The number of aliphatic hydroxyl groups excluding tert-OH is 5. The van der Waals surface area contributed by atoms with Crippen LogP contribution >= 0.6 is 195 Å². The number of rotatable bonds is 26. The summed E-state index contributed by atoms with van der Waals surface area (Å²) in [4.78, 5) is 74.3. The Kier molecular flexibility index (Phi) is 70.1. The molecule has 26 nitrogen and oxygen atoms in total. The van der Waals surface area contributed by atoms with Crippen molar-refractivity contribution in [2.45, 2.75) is 111 Å². The third kappa shape index (κ3) is 54.5. The van der Waals surface area contributed by atoms with Crippen molar-refractivity contribution < 1.29 is 87.4 Å². The molecule has 20 N–H and O–H groups in total. The van der Waals surface area contributed by atoms with Crippen LogP contribution in [0.25, 0.3) is 0 Å². The number of urea groups is 3. The van der Waals surface area contributed by atoms with E-state index in [1.165, 1.54) is 33.6 Å². The number of carbonyl (C=O) groups excluding carboxylic acids is 6. The van der Waals surface area contributed by atoms with Gasteiger partial charge in [0.05, 0.1) is 116 Å². The second kappa shape index (κ2) is 73.8. The number of halogens is 16. The maximum absolute atomic E-state index is 12.3. The van der Waals surface area contributed by atoms with Crippen LogP contribution in [0.5, 0.6) is 0 Å². The summed E-state index contributed by atoms with van der Waals surface area (Å²) in [6.07, 6.45) is -1.67. The number of nitrogens with zero attached hydrogens (tertiary/aromatic N) is 3. The number of ketones is 1. The zero-order valence-corrected chi connectivity index (χ0v) is 95.5. The zero-order valence-electron chi connectivity index (χ0n) is 78.8. The van der Waals surface area contributed by atoms with Gasteiger partial charge in [-0.25, -0.2) is 19.2 Å². The van der Waals surface area contributed by atoms with E-state index in [4.69, 9.17) is 170 Å². The Balaban J connectivity index is 0.00000164. The number of alkyl carbamates (subject to hydrolysis) is 1. The Hall–Kier alpha value is -7.22. The monoisotopic (exact) mass is 2570 g/mol. The fourth-order valence-electron chi connectivity index (χ4n) is 11.0. The summed E-state index contributed by atoms with van der Waals surface area (Å²) in [6.45, 7) is 11.8. The molecule has 43 heteroatoms. The van der Waals surface area contributed by atoms with Crippen LogP contribution in [0.3, 0.4) is 0 Å². The molecule has 782 valence electrons. The first-order valence-electron chi connectivity index (χ1n) is 42.3. The Bertz CT molecular complexity index is 5520. The van der Waals surface area contributed by atoms with Crippen LogP contribution in [0, 0.1) is 25.2 Å². The number of carbonyl (C=O) groups is 6. The van der Waals surface area contributed by atoms with E-state index in [2.05, 4.69) is 82.3 Å². The summed E-state index contributed by atoms with van der Waals surface area (Å²) >= 11 is 81.4. The van der Waals surface area contributed by atoms with Gasteiger partial charge in [-0.3, -0.25) is 9.59 Å². The molecule has 0 aliphatic carbocycles. The van der Waals surface area contributed by atoms with Crippen molar-refractivity contribution in [3.8, 4) is 0 Å². The molecule has 0 radical (unpaired) electrons. The van der Waals surface area contributed by atoms with E-state index in [0.29, 0.717) is 149 Å². The molecule has 11 rings (SSSR count). The average molecular weight is 2580 g/mol. The first-order valence-corrected chi connectivity index (χ1v) is 51.1. The van der Waals surface area contributed by atoms with E-state index in [1.807, 2.05) is 106 Å². The van der Waals surface area contributed by atoms with Gasteiger partial charge < -0.3 is 99.8 Å². The second-order valence-electron chi connectivity index (χ2n) is 30.9. The maximum atomic E-state index is 12.3. The summed E-state index contributed by atoms with van der Waals surface area (Å²) in [5, 5.41) is 72.3. The quantitative estimate of drug-likeness (QED) is 0.0136. The number of nitrogen functional groups attached to an aromatic ring is 2. The summed E-state index contributed by atoms with van der Waals surface area (Å²) in [7, 11) is 6.59. The van der Waals surface area contributed by atoms with Crippen molar-refractivity contribution in [1.29, 1.82) is 0 Å². The molecule has 0 heterocycles. The fraction of sp³-hybridized carbons (Fsp3) is 0.280. The van der Waals surface area contributed by atoms with Gasteiger partial charge in [-0.2, -0.15) is 0 Å². The Labute approximate surface area is 941 Å². The summed E-state index contributed by atoms with van der Waals surface area (Å²) < 4.78 is 12.2. The van der Waals surface area contributed by atoms with Gasteiger partial charge in [-0.15, -0.1) is 24.0 Å². The molecule has 0 fully saturated rings. The Morgan fingerprint density at radius 1 is 0.399 bits per heavy atom. The minimum absolute atomic E-state index is 0. The number of amides is 8. The molecular weight excluding hydrogens is 2460 g/mol. The number of Topliss-reactive ketones (excluding diaryl/α,β-unsaturated/α-hetero) is 1. The van der Waals surface area contributed by atoms with Gasteiger partial charge in [0.1, 0.15) is 5.60 Å². The number of alkyl halides is 3. The van der Waals surface area contributed by atoms with E-state index in [0.717, 1.165) is 70.6 Å². The van der Waals surface area contributed by atoms with Crippen molar-refractivity contribution in [2.24, 2.45) is 11.5 Å². The number of hydrogen-bond donors (Lipinski definition) is 16. The van der Waals surface area contributed by atoms with Crippen LogP contribution < -0.4 is 54.8 Å². The van der Waals surface area contributed by atoms with Crippen molar-refractivity contribution in [3.05, 3.63) is 352 Å². The number of hydrogen-bond acceptors (Lipinski definition) is 18. The topological polar surface area (TPSA) is 419 Å².